The van der Waals surface area contributed by atoms with E-state index in [9.17, 15) is 0 Å². The maximum absolute atomic E-state index is 8.89. The maximum atomic E-state index is 8.89. The van der Waals surface area contributed by atoms with Crippen LogP contribution in [-0.4, -0.2) is 26.3 Å². The van der Waals surface area contributed by atoms with Crippen LogP contribution in [0.25, 0.3) is 0 Å². The monoisotopic (exact) mass is 170 g/mol. The Morgan fingerprint density at radius 1 is 1.25 bits per heavy atom. The number of hydrogen-bond donors (Lipinski definition) is 4. The first-order valence-corrected chi connectivity index (χ1v) is 3.29. The van der Waals surface area contributed by atoms with Crippen molar-refractivity contribution in [1.82, 2.24) is 15.0 Å². The summed E-state index contributed by atoms with van der Waals surface area (Å²) < 4.78 is 0. The normalized spacial score (nSPS) is 12.5. The molecule has 1 aromatic rings. The van der Waals surface area contributed by atoms with Crippen LogP contribution in [0, 0.1) is 0 Å². The predicted octanol–water partition coefficient (Wildman–Crippen LogP) is -1.21. The molecule has 12 heavy (non-hydrogen) atoms. The Labute approximate surface area is 68.8 Å². The number of nitrogens with one attached hydrogen (secondary N) is 1. The molecular weight excluding hydrogens is 160 g/mol. The third kappa shape index (κ3) is 2.20. The lowest BCUT2D eigenvalue weighted by molar-refractivity contribution is 0.223. The Morgan fingerprint density at radius 3 is 2.17 bits per heavy atom. The van der Waals surface area contributed by atoms with Gasteiger partial charge in [-0.3, -0.25) is 0 Å². The lowest BCUT2D eigenvalue weighted by atomic mass is 10.6. The molecule has 7 nitrogen and oxygen atoms in total. The molecule has 66 valence electrons. The van der Waals surface area contributed by atoms with Crippen LogP contribution in [0.1, 0.15) is 6.92 Å². The first kappa shape index (κ1) is 8.47. The second kappa shape index (κ2) is 3.18. The summed E-state index contributed by atoms with van der Waals surface area (Å²) in [5.41, 5.74) is 10.5. The number of aliphatic hydroxyl groups is 1. The summed E-state index contributed by atoms with van der Waals surface area (Å²) in [7, 11) is 0. The third-order valence-corrected chi connectivity index (χ3v) is 1.01. The average Bonchev–Trinajstić information content (AvgIpc) is 1.81. The van der Waals surface area contributed by atoms with Crippen molar-refractivity contribution < 1.29 is 5.11 Å². The molecule has 1 unspecified atom stereocenters. The molecule has 0 aromatic carbocycles. The maximum Gasteiger partial charge on any atom is 0.231 e. The highest BCUT2D eigenvalue weighted by Gasteiger charge is 2.02. The molecular formula is C5H10N6O. The number of rotatable bonds is 2. The lowest BCUT2D eigenvalue weighted by Crippen LogP contribution is -2.17. The van der Waals surface area contributed by atoms with E-state index in [0.29, 0.717) is 0 Å². The molecule has 0 spiro atoms. The van der Waals surface area contributed by atoms with E-state index in [4.69, 9.17) is 16.6 Å². The summed E-state index contributed by atoms with van der Waals surface area (Å²) in [5.74, 6) is 0.200. The number of nitrogens with zero attached hydrogens (tertiary/aromatic N) is 3. The van der Waals surface area contributed by atoms with E-state index in [1.807, 2.05) is 0 Å². The SMILES string of the molecule is CC(O)Nc1nc(N)nc(N)n1. The van der Waals surface area contributed by atoms with Crippen molar-refractivity contribution in [2.45, 2.75) is 13.2 Å². The summed E-state index contributed by atoms with van der Waals surface area (Å²) in [6.07, 6.45) is -0.758. The van der Waals surface area contributed by atoms with Crippen LogP contribution < -0.4 is 16.8 Å². The molecule has 0 aliphatic rings. The fourth-order valence-corrected chi connectivity index (χ4v) is 0.661. The van der Waals surface area contributed by atoms with Crippen LogP contribution >= 0.6 is 0 Å². The second-order valence-corrected chi connectivity index (χ2v) is 2.20. The first-order chi connectivity index (χ1) is 5.58. The van der Waals surface area contributed by atoms with Crippen molar-refractivity contribution in [3.63, 3.8) is 0 Å². The van der Waals surface area contributed by atoms with Crippen molar-refractivity contribution in [1.29, 1.82) is 0 Å². The van der Waals surface area contributed by atoms with Crippen LogP contribution in [0.15, 0.2) is 0 Å². The van der Waals surface area contributed by atoms with Crippen molar-refractivity contribution >= 4 is 17.8 Å². The molecule has 1 aromatic heterocycles. The van der Waals surface area contributed by atoms with Crippen LogP contribution in [0.2, 0.25) is 0 Å². The van der Waals surface area contributed by atoms with Gasteiger partial charge in [0, 0.05) is 0 Å². The van der Waals surface area contributed by atoms with Gasteiger partial charge < -0.3 is 21.9 Å². The van der Waals surface area contributed by atoms with Crippen molar-refractivity contribution in [2.75, 3.05) is 16.8 Å². The zero-order valence-corrected chi connectivity index (χ0v) is 6.52. The molecule has 0 radical (unpaired) electrons. The number of anilines is 3. The van der Waals surface area contributed by atoms with E-state index in [1.165, 1.54) is 6.92 Å². The van der Waals surface area contributed by atoms with Gasteiger partial charge in [-0.1, -0.05) is 0 Å². The highest BCUT2D eigenvalue weighted by atomic mass is 16.3. The van der Waals surface area contributed by atoms with Gasteiger partial charge in [0.25, 0.3) is 0 Å². The van der Waals surface area contributed by atoms with Gasteiger partial charge in [0.05, 0.1) is 0 Å². The van der Waals surface area contributed by atoms with E-state index < -0.39 is 6.23 Å². The minimum Gasteiger partial charge on any atom is -0.374 e. The fourth-order valence-electron chi connectivity index (χ4n) is 0.661. The van der Waals surface area contributed by atoms with E-state index in [1.54, 1.807) is 0 Å². The summed E-state index contributed by atoms with van der Waals surface area (Å²) in [5, 5.41) is 11.4. The van der Waals surface area contributed by atoms with E-state index >= 15 is 0 Å². The zero-order valence-electron chi connectivity index (χ0n) is 6.52. The molecule has 1 heterocycles. The second-order valence-electron chi connectivity index (χ2n) is 2.20. The van der Waals surface area contributed by atoms with Crippen LogP contribution in [0.3, 0.4) is 0 Å². The van der Waals surface area contributed by atoms with Gasteiger partial charge in [-0.25, -0.2) is 0 Å². The van der Waals surface area contributed by atoms with Crippen LogP contribution in [0.4, 0.5) is 17.8 Å². The number of nitrogens with two attached hydrogens (primary N) is 2. The van der Waals surface area contributed by atoms with E-state index in [2.05, 4.69) is 20.3 Å². The van der Waals surface area contributed by atoms with Gasteiger partial charge >= 0.3 is 0 Å². The molecule has 7 heteroatoms. The van der Waals surface area contributed by atoms with Gasteiger partial charge in [0.2, 0.25) is 17.8 Å². The fraction of sp³-hybridized carbons (Fsp3) is 0.400. The van der Waals surface area contributed by atoms with Crippen molar-refractivity contribution in [3.05, 3.63) is 0 Å². The van der Waals surface area contributed by atoms with Crippen LogP contribution in [0.5, 0.6) is 0 Å². The molecule has 0 aliphatic heterocycles. The molecule has 0 saturated heterocycles. The number of nitrogen functional groups attached to an aromatic ring is 2. The van der Waals surface area contributed by atoms with Gasteiger partial charge in [-0.2, -0.15) is 15.0 Å². The topological polar surface area (TPSA) is 123 Å². The Hall–Kier alpha value is -1.63. The Balaban J connectivity index is 2.85. The smallest absolute Gasteiger partial charge is 0.231 e. The summed E-state index contributed by atoms with van der Waals surface area (Å²) in [6.45, 7) is 1.52. The third-order valence-electron chi connectivity index (χ3n) is 1.01. The zero-order chi connectivity index (χ0) is 9.14. The molecule has 0 saturated carbocycles. The van der Waals surface area contributed by atoms with E-state index in [0.717, 1.165) is 0 Å². The Morgan fingerprint density at radius 2 is 1.75 bits per heavy atom. The number of aromatic nitrogens is 3. The molecule has 0 aliphatic carbocycles. The van der Waals surface area contributed by atoms with Crippen LogP contribution in [-0.2, 0) is 0 Å². The van der Waals surface area contributed by atoms with Gasteiger partial charge in [0.1, 0.15) is 6.23 Å². The Kier molecular flexibility index (Phi) is 2.24. The van der Waals surface area contributed by atoms with Crippen molar-refractivity contribution in [3.8, 4) is 0 Å². The molecule has 6 N–H and O–H groups in total. The molecule has 0 fully saturated rings. The molecule has 0 amide bonds. The summed E-state index contributed by atoms with van der Waals surface area (Å²) in [6, 6.07) is 0. The van der Waals surface area contributed by atoms with Crippen molar-refractivity contribution in [2.24, 2.45) is 0 Å². The quantitative estimate of drug-likeness (QED) is 0.410. The summed E-state index contributed by atoms with van der Waals surface area (Å²) in [4.78, 5) is 10.9. The van der Waals surface area contributed by atoms with Gasteiger partial charge in [-0.05, 0) is 6.92 Å². The summed E-state index contributed by atoms with van der Waals surface area (Å²) >= 11 is 0. The minimum atomic E-state index is -0.758. The first-order valence-electron chi connectivity index (χ1n) is 3.29. The van der Waals surface area contributed by atoms with Gasteiger partial charge in [-0.15, -0.1) is 0 Å². The largest absolute Gasteiger partial charge is 0.374 e. The lowest BCUT2D eigenvalue weighted by Gasteiger charge is -2.06. The average molecular weight is 170 g/mol. The predicted molar refractivity (Wildman–Crippen MR) is 44.0 cm³/mol. The van der Waals surface area contributed by atoms with Gasteiger partial charge in [0.15, 0.2) is 0 Å². The minimum absolute atomic E-state index is 0.0191. The number of hydrogen-bond acceptors (Lipinski definition) is 7. The molecule has 1 atom stereocenters. The van der Waals surface area contributed by atoms with E-state index in [-0.39, 0.29) is 17.8 Å². The number of aliphatic hydroxyl groups excluding tert-OH is 1. The molecule has 0 bridgehead atoms. The Bertz CT molecular complexity index is 254. The molecule has 1 rings (SSSR count). The highest BCUT2D eigenvalue weighted by molar-refractivity contribution is 5.37. The standard InChI is InChI=1S/C5H10N6O/c1-2(12)8-5-10-3(6)9-4(7)11-5/h2,12H,1H3,(H5,6,7,8,9,10,11). The highest BCUT2D eigenvalue weighted by Crippen LogP contribution is 2.03.